The van der Waals surface area contributed by atoms with Crippen molar-refractivity contribution in [2.75, 3.05) is 5.32 Å². The lowest BCUT2D eigenvalue weighted by molar-refractivity contribution is 0.101. The SMILES string of the molecule is O=C(Nc1ccc(B(O)O)cc1)c1ncccn1. The Morgan fingerprint density at radius 3 is 2.28 bits per heavy atom. The van der Waals surface area contributed by atoms with Crippen LogP contribution in [0.3, 0.4) is 0 Å². The molecule has 1 aromatic carbocycles. The van der Waals surface area contributed by atoms with Crippen molar-refractivity contribution in [2.45, 2.75) is 0 Å². The topological polar surface area (TPSA) is 95.3 Å². The standard InChI is InChI=1S/C11H10BN3O3/c16-11(10-13-6-1-7-14-10)15-9-4-2-8(3-5-9)12(17)18/h1-7,17-18H,(H,15,16). The Morgan fingerprint density at radius 1 is 1.11 bits per heavy atom. The number of amides is 1. The van der Waals surface area contributed by atoms with Gasteiger partial charge in [-0.15, -0.1) is 0 Å². The lowest BCUT2D eigenvalue weighted by atomic mass is 9.80. The fourth-order valence-electron chi connectivity index (χ4n) is 1.34. The van der Waals surface area contributed by atoms with Crippen LogP contribution < -0.4 is 10.8 Å². The molecule has 0 aliphatic heterocycles. The number of nitrogens with one attached hydrogen (secondary N) is 1. The van der Waals surface area contributed by atoms with E-state index in [0.29, 0.717) is 11.2 Å². The lowest BCUT2D eigenvalue weighted by Crippen LogP contribution is -2.29. The van der Waals surface area contributed by atoms with Crippen molar-refractivity contribution in [3.05, 3.63) is 48.5 Å². The molecule has 6 nitrogen and oxygen atoms in total. The number of aromatic nitrogens is 2. The number of anilines is 1. The van der Waals surface area contributed by atoms with E-state index in [-0.39, 0.29) is 5.82 Å². The third-order valence-corrected chi connectivity index (χ3v) is 2.24. The Labute approximate surface area is 103 Å². The van der Waals surface area contributed by atoms with E-state index in [9.17, 15) is 4.79 Å². The van der Waals surface area contributed by atoms with Crippen molar-refractivity contribution >= 4 is 24.2 Å². The highest BCUT2D eigenvalue weighted by Gasteiger charge is 2.11. The highest BCUT2D eigenvalue weighted by atomic mass is 16.4. The molecule has 18 heavy (non-hydrogen) atoms. The van der Waals surface area contributed by atoms with Crippen molar-refractivity contribution in [3.63, 3.8) is 0 Å². The molecular formula is C11H10BN3O3. The number of carbonyl (C=O) groups is 1. The van der Waals surface area contributed by atoms with Gasteiger partial charge >= 0.3 is 7.12 Å². The Morgan fingerprint density at radius 2 is 1.72 bits per heavy atom. The average molecular weight is 243 g/mol. The van der Waals surface area contributed by atoms with Crippen LogP contribution in [0.4, 0.5) is 5.69 Å². The predicted molar refractivity (Wildman–Crippen MR) is 66.3 cm³/mol. The van der Waals surface area contributed by atoms with Crippen LogP contribution in [0.2, 0.25) is 0 Å². The summed E-state index contributed by atoms with van der Waals surface area (Å²) in [4.78, 5) is 19.3. The van der Waals surface area contributed by atoms with Gasteiger partial charge in [0, 0.05) is 18.1 Å². The molecule has 2 aromatic rings. The molecule has 0 spiro atoms. The second-order valence-corrected chi connectivity index (χ2v) is 3.52. The fourth-order valence-corrected chi connectivity index (χ4v) is 1.34. The van der Waals surface area contributed by atoms with E-state index in [4.69, 9.17) is 10.0 Å². The van der Waals surface area contributed by atoms with Crippen LogP contribution in [0.1, 0.15) is 10.6 Å². The largest absolute Gasteiger partial charge is 0.488 e. The number of hydrogen-bond donors (Lipinski definition) is 3. The second kappa shape index (κ2) is 5.39. The molecule has 1 amide bonds. The Hall–Kier alpha value is -2.25. The molecule has 3 N–H and O–H groups in total. The zero-order chi connectivity index (χ0) is 13.0. The van der Waals surface area contributed by atoms with E-state index >= 15 is 0 Å². The van der Waals surface area contributed by atoms with Crippen molar-refractivity contribution < 1.29 is 14.8 Å². The lowest BCUT2D eigenvalue weighted by Gasteiger charge is -2.05. The van der Waals surface area contributed by atoms with Gasteiger partial charge in [0.2, 0.25) is 5.82 Å². The van der Waals surface area contributed by atoms with Crippen LogP contribution in [0, 0.1) is 0 Å². The van der Waals surface area contributed by atoms with E-state index in [1.165, 1.54) is 24.5 Å². The minimum Gasteiger partial charge on any atom is -0.423 e. The molecule has 1 aromatic heterocycles. The molecule has 0 atom stereocenters. The first-order valence-corrected chi connectivity index (χ1v) is 5.21. The minimum atomic E-state index is -1.52. The summed E-state index contributed by atoms with van der Waals surface area (Å²) in [6.45, 7) is 0. The number of rotatable bonds is 3. The smallest absolute Gasteiger partial charge is 0.423 e. The van der Waals surface area contributed by atoms with Gasteiger partial charge in [0.25, 0.3) is 5.91 Å². The second-order valence-electron chi connectivity index (χ2n) is 3.52. The summed E-state index contributed by atoms with van der Waals surface area (Å²) >= 11 is 0. The third-order valence-electron chi connectivity index (χ3n) is 2.24. The number of carbonyl (C=O) groups excluding carboxylic acids is 1. The van der Waals surface area contributed by atoms with Gasteiger partial charge in [-0.05, 0) is 23.7 Å². The summed E-state index contributed by atoms with van der Waals surface area (Å²) in [7, 11) is -1.52. The van der Waals surface area contributed by atoms with Crippen LogP contribution in [-0.2, 0) is 0 Å². The van der Waals surface area contributed by atoms with Crippen molar-refractivity contribution in [3.8, 4) is 0 Å². The van der Waals surface area contributed by atoms with Gasteiger partial charge in [0.1, 0.15) is 0 Å². The van der Waals surface area contributed by atoms with E-state index < -0.39 is 13.0 Å². The molecule has 0 saturated heterocycles. The van der Waals surface area contributed by atoms with Crippen molar-refractivity contribution in [1.29, 1.82) is 0 Å². The van der Waals surface area contributed by atoms with Crippen LogP contribution in [0.5, 0.6) is 0 Å². The number of benzene rings is 1. The summed E-state index contributed by atoms with van der Waals surface area (Å²) < 4.78 is 0. The fraction of sp³-hybridized carbons (Fsp3) is 0. The quantitative estimate of drug-likeness (QED) is 0.626. The summed E-state index contributed by atoms with van der Waals surface area (Å²) in [5.74, 6) is -0.350. The molecule has 2 rings (SSSR count). The van der Waals surface area contributed by atoms with Gasteiger partial charge in [-0.3, -0.25) is 4.79 Å². The van der Waals surface area contributed by atoms with Crippen LogP contribution in [0.25, 0.3) is 0 Å². The van der Waals surface area contributed by atoms with E-state index in [2.05, 4.69) is 15.3 Å². The molecule has 0 saturated carbocycles. The molecule has 0 radical (unpaired) electrons. The number of hydrogen-bond acceptors (Lipinski definition) is 5. The first-order valence-electron chi connectivity index (χ1n) is 5.21. The first-order chi connectivity index (χ1) is 8.66. The van der Waals surface area contributed by atoms with Crippen LogP contribution in [0.15, 0.2) is 42.7 Å². The molecular weight excluding hydrogens is 233 g/mol. The van der Waals surface area contributed by atoms with Crippen LogP contribution in [-0.4, -0.2) is 33.0 Å². The molecule has 1 heterocycles. The molecule has 0 fully saturated rings. The molecule has 7 heteroatoms. The zero-order valence-corrected chi connectivity index (χ0v) is 9.32. The normalized spacial score (nSPS) is 9.89. The Bertz CT molecular complexity index is 531. The Kier molecular flexibility index (Phi) is 3.66. The highest BCUT2D eigenvalue weighted by molar-refractivity contribution is 6.58. The minimum absolute atomic E-state index is 0.0729. The summed E-state index contributed by atoms with van der Waals surface area (Å²) in [6.07, 6.45) is 2.96. The maximum absolute atomic E-state index is 11.7. The maximum Gasteiger partial charge on any atom is 0.488 e. The van der Waals surface area contributed by atoms with Gasteiger partial charge in [-0.1, -0.05) is 12.1 Å². The van der Waals surface area contributed by atoms with E-state index in [1.807, 2.05) is 0 Å². The Balaban J connectivity index is 2.08. The van der Waals surface area contributed by atoms with Crippen molar-refractivity contribution in [2.24, 2.45) is 0 Å². The maximum atomic E-state index is 11.7. The molecule has 0 bridgehead atoms. The first kappa shape index (κ1) is 12.2. The van der Waals surface area contributed by atoms with Gasteiger partial charge in [-0.2, -0.15) is 0 Å². The van der Waals surface area contributed by atoms with Gasteiger partial charge in [-0.25, -0.2) is 9.97 Å². The predicted octanol–water partition coefficient (Wildman–Crippen LogP) is -0.591. The van der Waals surface area contributed by atoms with Gasteiger partial charge in [0.15, 0.2) is 0 Å². The molecule has 90 valence electrons. The summed E-state index contributed by atoms with van der Waals surface area (Å²) in [5, 5.41) is 20.4. The van der Waals surface area contributed by atoms with E-state index in [1.54, 1.807) is 18.2 Å². The van der Waals surface area contributed by atoms with Gasteiger partial charge < -0.3 is 15.4 Å². The summed E-state index contributed by atoms with van der Waals surface area (Å²) in [6, 6.07) is 7.76. The average Bonchev–Trinajstić information content (AvgIpc) is 2.40. The molecule has 0 aliphatic rings. The zero-order valence-electron chi connectivity index (χ0n) is 9.32. The highest BCUT2D eigenvalue weighted by Crippen LogP contribution is 2.05. The van der Waals surface area contributed by atoms with E-state index in [0.717, 1.165) is 0 Å². The summed E-state index contributed by atoms with van der Waals surface area (Å²) in [5.41, 5.74) is 0.876. The third kappa shape index (κ3) is 2.90. The monoisotopic (exact) mass is 243 g/mol. The van der Waals surface area contributed by atoms with Crippen molar-refractivity contribution in [1.82, 2.24) is 9.97 Å². The van der Waals surface area contributed by atoms with Crippen LogP contribution >= 0.6 is 0 Å². The van der Waals surface area contributed by atoms with Gasteiger partial charge in [0.05, 0.1) is 0 Å². The molecule has 0 unspecified atom stereocenters. The molecule has 0 aliphatic carbocycles. The number of nitrogens with zero attached hydrogens (tertiary/aromatic N) is 2.